The van der Waals surface area contributed by atoms with E-state index in [2.05, 4.69) is 0 Å². The predicted molar refractivity (Wildman–Crippen MR) is 109 cm³/mol. The number of allylic oxidation sites excluding steroid dienone is 1. The standard InChI is InChI=1S/C18H17F3INO3S/c1-3-10-4-13(7-14-17(10)11(9-27-14)5-16(24)25)26-8-12-6-15(18(19,20)21)22-23(12)2/h4,6-7,9H,3,5,8H2,1-2H3,(H,24,25). The number of hydrogen-bond donors (Lipinski definition) is 1. The van der Waals surface area contributed by atoms with Crippen LogP contribution in [0.3, 0.4) is 0 Å². The number of carbonyl (C=O) groups is 1. The molecule has 9 heteroatoms. The number of ether oxygens (including phenoxy) is 1. The van der Waals surface area contributed by atoms with Crippen molar-refractivity contribution in [1.82, 2.24) is 3.11 Å². The summed E-state index contributed by atoms with van der Waals surface area (Å²) in [6.07, 6.45) is -2.43. The van der Waals surface area contributed by atoms with Crippen molar-refractivity contribution in [2.24, 2.45) is 0 Å². The second-order valence-corrected chi connectivity index (χ2v) is 9.98. The Labute approximate surface area is 168 Å². The first-order valence-corrected chi connectivity index (χ1v) is 11.0. The van der Waals surface area contributed by atoms with Gasteiger partial charge in [-0.15, -0.1) is 11.3 Å². The van der Waals surface area contributed by atoms with E-state index < -0.39 is 36.7 Å². The maximum atomic E-state index is 12.9. The van der Waals surface area contributed by atoms with Crippen molar-refractivity contribution >= 4 is 51.9 Å². The number of hydrogen-bond acceptors (Lipinski definition) is 4. The van der Waals surface area contributed by atoms with Gasteiger partial charge in [-0.1, -0.05) is 6.92 Å². The minimum absolute atomic E-state index is 0.0371. The number of nitrogens with zero attached hydrogens (tertiary/aromatic N) is 1. The van der Waals surface area contributed by atoms with Gasteiger partial charge >= 0.3 is 12.1 Å². The van der Waals surface area contributed by atoms with Crippen LogP contribution in [0.25, 0.3) is 10.1 Å². The highest BCUT2D eigenvalue weighted by atomic mass is 127. The molecule has 1 aliphatic heterocycles. The van der Waals surface area contributed by atoms with Crippen LogP contribution in [0.2, 0.25) is 0 Å². The summed E-state index contributed by atoms with van der Waals surface area (Å²) in [5, 5.41) is 11.8. The third-order valence-corrected chi connectivity index (χ3v) is 7.86. The van der Waals surface area contributed by atoms with E-state index in [9.17, 15) is 18.0 Å². The summed E-state index contributed by atoms with van der Waals surface area (Å²) in [6.45, 7) is 2.04. The maximum Gasteiger partial charge on any atom is 0.423 e. The molecule has 1 aliphatic rings. The number of halogens is 4. The Bertz CT molecular complexity index is 949. The molecule has 2 aromatic rings. The highest BCUT2D eigenvalue weighted by Crippen LogP contribution is 2.35. The predicted octanol–water partition coefficient (Wildman–Crippen LogP) is 4.92. The van der Waals surface area contributed by atoms with E-state index >= 15 is 0 Å². The van der Waals surface area contributed by atoms with Crippen LogP contribution in [0, 0.1) is 0 Å². The molecule has 0 fully saturated rings. The molecule has 2 heterocycles. The zero-order valence-electron chi connectivity index (χ0n) is 14.6. The summed E-state index contributed by atoms with van der Waals surface area (Å²) < 4.78 is 46.5. The minimum Gasteiger partial charge on any atom is -0.487 e. The third-order valence-electron chi connectivity index (χ3n) is 4.09. The normalized spacial score (nSPS) is 14.8. The molecular weight excluding hydrogens is 494 g/mol. The first-order valence-electron chi connectivity index (χ1n) is 8.10. The molecule has 0 saturated carbocycles. The Morgan fingerprint density at radius 3 is 2.67 bits per heavy atom. The van der Waals surface area contributed by atoms with Gasteiger partial charge in [0.1, 0.15) is 15.9 Å². The van der Waals surface area contributed by atoms with Gasteiger partial charge in [-0.3, -0.25) is 4.79 Å². The molecule has 3 rings (SSSR count). The second kappa shape index (κ2) is 7.78. The summed E-state index contributed by atoms with van der Waals surface area (Å²) in [6, 6.07) is 3.67. The van der Waals surface area contributed by atoms with Crippen molar-refractivity contribution in [2.45, 2.75) is 25.9 Å². The third kappa shape index (κ3) is 4.45. The zero-order chi connectivity index (χ0) is 19.8. The van der Waals surface area contributed by atoms with E-state index in [1.807, 2.05) is 24.4 Å². The first kappa shape index (κ1) is 20.1. The summed E-state index contributed by atoms with van der Waals surface area (Å²) in [7, 11) is 1.65. The highest BCUT2D eigenvalue weighted by Gasteiger charge is 2.36. The number of carboxylic acid groups (broad SMARTS) is 1. The van der Waals surface area contributed by atoms with Gasteiger partial charge in [0.2, 0.25) is 0 Å². The van der Waals surface area contributed by atoms with Gasteiger partial charge in [-0.25, -0.2) is 0 Å². The van der Waals surface area contributed by atoms with Crippen LogP contribution in [-0.4, -0.2) is 37.5 Å². The largest absolute Gasteiger partial charge is 0.487 e. The number of likely N-dealkylation sites (N-methyl/N-ethyl adjacent to an activating group) is 1. The highest BCUT2D eigenvalue weighted by molar-refractivity contribution is 14.2. The van der Waals surface area contributed by atoms with E-state index in [0.29, 0.717) is 17.9 Å². The van der Waals surface area contributed by atoms with Crippen molar-refractivity contribution in [1.29, 1.82) is 0 Å². The minimum atomic E-state index is -4.28. The van der Waals surface area contributed by atoms with Crippen LogP contribution >= 0.6 is 32.3 Å². The first-order chi connectivity index (χ1) is 12.7. The molecular formula is C18H17F3INO3S. The topological polar surface area (TPSA) is 49.8 Å². The molecule has 0 radical (unpaired) electrons. The molecule has 146 valence electrons. The summed E-state index contributed by atoms with van der Waals surface area (Å²) >= 11 is 0.202. The molecule has 1 aromatic heterocycles. The van der Waals surface area contributed by atoms with Crippen LogP contribution < -0.4 is 4.74 Å². The average Bonchev–Trinajstić information content (AvgIpc) is 3.15. The number of rotatable bonds is 6. The van der Waals surface area contributed by atoms with Crippen LogP contribution in [-0.2, 0) is 17.6 Å². The molecule has 0 saturated heterocycles. The Morgan fingerprint density at radius 2 is 2.07 bits per heavy atom. The Kier molecular flexibility index (Phi) is 5.80. The van der Waals surface area contributed by atoms with Gasteiger partial charge in [0.05, 0.1) is 12.1 Å². The fourth-order valence-electron chi connectivity index (χ4n) is 2.82. The van der Waals surface area contributed by atoms with E-state index in [0.717, 1.165) is 21.2 Å². The number of fused-ring (bicyclic) bond motifs is 1. The number of carboxylic acids is 1. The molecule has 4 nitrogen and oxygen atoms in total. The van der Waals surface area contributed by atoms with Crippen molar-refractivity contribution in [3.63, 3.8) is 0 Å². The summed E-state index contributed by atoms with van der Waals surface area (Å²) in [5.41, 5.74) is 2.27. The lowest BCUT2D eigenvalue weighted by Crippen LogP contribution is -2.17. The summed E-state index contributed by atoms with van der Waals surface area (Å²) in [5.74, 6) is -0.302. The maximum absolute atomic E-state index is 12.9. The molecule has 1 N–H and O–H groups in total. The molecule has 27 heavy (non-hydrogen) atoms. The number of alkyl halides is 3. The van der Waals surface area contributed by atoms with Crippen molar-refractivity contribution in [3.8, 4) is 5.75 Å². The van der Waals surface area contributed by atoms with E-state index in [4.69, 9.17) is 9.84 Å². The second-order valence-electron chi connectivity index (χ2n) is 5.97. The van der Waals surface area contributed by atoms with Crippen molar-refractivity contribution in [3.05, 3.63) is 40.4 Å². The molecule has 1 aromatic carbocycles. The molecule has 0 amide bonds. The van der Waals surface area contributed by atoms with Crippen LogP contribution in [0.4, 0.5) is 13.2 Å². The number of thiophene rings is 1. The Balaban J connectivity index is 1.81. The van der Waals surface area contributed by atoms with Gasteiger partial charge in [0, 0.05) is 32.8 Å². The van der Waals surface area contributed by atoms with Gasteiger partial charge in [-0.05, 0) is 46.5 Å². The quantitative estimate of drug-likeness (QED) is 0.442. The van der Waals surface area contributed by atoms with Crippen LogP contribution in [0.15, 0.2) is 29.3 Å². The monoisotopic (exact) mass is 511 g/mol. The zero-order valence-corrected chi connectivity index (χ0v) is 17.5. The van der Waals surface area contributed by atoms with Crippen molar-refractivity contribution in [2.75, 3.05) is 13.7 Å². The Hall–Kier alpha value is -1.62. The lowest BCUT2D eigenvalue weighted by Gasteiger charge is -2.15. The average molecular weight is 511 g/mol. The fraction of sp³-hybridized carbons (Fsp3) is 0.333. The SMILES string of the molecule is CCc1cc(OCC2=CC(C(F)(F)F)=IN2C)cc2scc(CC(=O)O)c12. The van der Waals surface area contributed by atoms with Gasteiger partial charge in [0.25, 0.3) is 0 Å². The Morgan fingerprint density at radius 1 is 1.33 bits per heavy atom. The van der Waals surface area contributed by atoms with Gasteiger partial charge in [0.15, 0.2) is 0 Å². The molecule has 0 atom stereocenters. The number of benzene rings is 1. The fourth-order valence-corrected chi connectivity index (χ4v) is 5.99. The van der Waals surface area contributed by atoms with Crippen LogP contribution in [0.5, 0.6) is 5.75 Å². The molecule has 0 spiro atoms. The van der Waals surface area contributed by atoms with Crippen LogP contribution in [0.1, 0.15) is 18.1 Å². The lowest BCUT2D eigenvalue weighted by molar-refractivity contribution is -0.136. The van der Waals surface area contributed by atoms with Gasteiger partial charge < -0.3 is 13.0 Å². The van der Waals surface area contributed by atoms with Gasteiger partial charge in [-0.2, -0.15) is 13.2 Å². The summed E-state index contributed by atoms with van der Waals surface area (Å²) in [4.78, 5) is 11.0. The number of aryl methyl sites for hydroxylation is 1. The molecule has 0 aliphatic carbocycles. The van der Waals surface area contributed by atoms with E-state index in [1.165, 1.54) is 17.4 Å². The molecule has 0 bridgehead atoms. The number of aliphatic carboxylic acids is 1. The van der Waals surface area contributed by atoms with E-state index in [-0.39, 0.29) is 13.0 Å². The smallest absolute Gasteiger partial charge is 0.423 e. The van der Waals surface area contributed by atoms with E-state index in [1.54, 1.807) is 10.2 Å². The molecule has 0 unspecified atom stereocenters. The lowest BCUT2D eigenvalue weighted by atomic mass is 10.0. The van der Waals surface area contributed by atoms with Crippen molar-refractivity contribution < 1.29 is 27.8 Å².